The summed E-state index contributed by atoms with van der Waals surface area (Å²) in [4.78, 5) is 0. The SMILES string of the molecule is Cc1ccc(C2C(CBr)C2(C)C)cc1Cl. The average molecular weight is 288 g/mol. The first kappa shape index (κ1) is 11.5. The topological polar surface area (TPSA) is 0 Å². The molecular weight excluding hydrogens is 271 g/mol. The first-order chi connectivity index (χ1) is 6.98. The summed E-state index contributed by atoms with van der Waals surface area (Å²) in [6, 6.07) is 6.47. The van der Waals surface area contributed by atoms with E-state index in [1.165, 1.54) is 5.56 Å². The number of hydrogen-bond acceptors (Lipinski definition) is 0. The van der Waals surface area contributed by atoms with Crippen molar-refractivity contribution in [3.05, 3.63) is 34.3 Å². The van der Waals surface area contributed by atoms with Crippen LogP contribution in [0.25, 0.3) is 0 Å². The first-order valence-corrected chi connectivity index (χ1v) is 6.80. The summed E-state index contributed by atoms with van der Waals surface area (Å²) in [5.74, 6) is 1.41. The molecule has 0 aliphatic heterocycles. The van der Waals surface area contributed by atoms with Crippen molar-refractivity contribution in [1.82, 2.24) is 0 Å². The van der Waals surface area contributed by atoms with Crippen LogP contribution >= 0.6 is 27.5 Å². The van der Waals surface area contributed by atoms with Crippen molar-refractivity contribution >= 4 is 27.5 Å². The van der Waals surface area contributed by atoms with Gasteiger partial charge < -0.3 is 0 Å². The monoisotopic (exact) mass is 286 g/mol. The summed E-state index contributed by atoms with van der Waals surface area (Å²) in [7, 11) is 0. The maximum atomic E-state index is 6.16. The van der Waals surface area contributed by atoms with Crippen LogP contribution in [0.3, 0.4) is 0 Å². The summed E-state index contributed by atoms with van der Waals surface area (Å²) in [6.45, 7) is 6.71. The standard InChI is InChI=1S/C13H16BrCl/c1-8-4-5-9(6-11(8)15)12-10(7-14)13(12,2)3/h4-6,10,12H,7H2,1-3H3. The van der Waals surface area contributed by atoms with Crippen LogP contribution in [0.2, 0.25) is 5.02 Å². The molecule has 82 valence electrons. The van der Waals surface area contributed by atoms with Gasteiger partial charge >= 0.3 is 0 Å². The molecule has 1 aliphatic rings. The first-order valence-electron chi connectivity index (χ1n) is 5.30. The van der Waals surface area contributed by atoms with E-state index in [9.17, 15) is 0 Å². The van der Waals surface area contributed by atoms with Gasteiger partial charge in [0.1, 0.15) is 0 Å². The van der Waals surface area contributed by atoms with E-state index in [0.717, 1.165) is 21.8 Å². The third-order valence-corrected chi connectivity index (χ3v) is 4.88. The zero-order valence-electron chi connectivity index (χ0n) is 9.35. The number of alkyl halides is 1. The van der Waals surface area contributed by atoms with Crippen LogP contribution in [0.5, 0.6) is 0 Å². The molecule has 0 amide bonds. The van der Waals surface area contributed by atoms with E-state index in [-0.39, 0.29) is 0 Å². The minimum Gasteiger partial charge on any atom is -0.0925 e. The van der Waals surface area contributed by atoms with Crippen molar-refractivity contribution in [2.24, 2.45) is 11.3 Å². The molecule has 1 fully saturated rings. The van der Waals surface area contributed by atoms with E-state index in [4.69, 9.17) is 11.6 Å². The second-order valence-corrected chi connectivity index (χ2v) is 6.12. The molecule has 0 saturated heterocycles. The van der Waals surface area contributed by atoms with Crippen LogP contribution in [0.1, 0.15) is 30.9 Å². The molecule has 1 aromatic rings. The second-order valence-electron chi connectivity index (χ2n) is 5.07. The third-order valence-electron chi connectivity index (χ3n) is 3.77. The molecule has 0 heterocycles. The molecule has 0 radical (unpaired) electrons. The van der Waals surface area contributed by atoms with Gasteiger partial charge in [-0.3, -0.25) is 0 Å². The predicted octanol–water partition coefficient (Wildman–Crippen LogP) is 4.78. The Bertz CT molecular complexity index is 384. The van der Waals surface area contributed by atoms with Gasteiger partial charge in [-0.15, -0.1) is 0 Å². The van der Waals surface area contributed by atoms with Gasteiger partial charge in [-0.1, -0.05) is 53.5 Å². The van der Waals surface area contributed by atoms with Crippen LogP contribution in [-0.2, 0) is 0 Å². The number of halogens is 2. The average Bonchev–Trinajstić information content (AvgIpc) is 2.73. The molecule has 1 aliphatic carbocycles. The van der Waals surface area contributed by atoms with E-state index in [2.05, 4.69) is 48.0 Å². The lowest BCUT2D eigenvalue weighted by Crippen LogP contribution is -1.91. The van der Waals surface area contributed by atoms with Crippen LogP contribution in [-0.4, -0.2) is 5.33 Å². The third kappa shape index (κ3) is 1.85. The van der Waals surface area contributed by atoms with Crippen molar-refractivity contribution in [2.45, 2.75) is 26.7 Å². The van der Waals surface area contributed by atoms with Gasteiger partial charge in [0.25, 0.3) is 0 Å². The normalized spacial score (nSPS) is 27.8. The molecule has 0 aromatic heterocycles. The second kappa shape index (κ2) is 3.78. The number of rotatable bonds is 2. The highest BCUT2D eigenvalue weighted by Crippen LogP contribution is 2.65. The van der Waals surface area contributed by atoms with Gasteiger partial charge in [0, 0.05) is 10.4 Å². The number of hydrogen-bond donors (Lipinski definition) is 0. The Morgan fingerprint density at radius 2 is 2.07 bits per heavy atom. The largest absolute Gasteiger partial charge is 0.0925 e. The Labute approximate surface area is 105 Å². The molecule has 0 spiro atoms. The molecule has 15 heavy (non-hydrogen) atoms. The molecular formula is C13H16BrCl. The molecule has 0 bridgehead atoms. The van der Waals surface area contributed by atoms with Gasteiger partial charge in [0.05, 0.1) is 0 Å². The molecule has 2 rings (SSSR count). The van der Waals surface area contributed by atoms with Crippen molar-refractivity contribution in [3.63, 3.8) is 0 Å². The quantitative estimate of drug-likeness (QED) is 0.687. The lowest BCUT2D eigenvalue weighted by Gasteiger charge is -2.05. The lowest BCUT2D eigenvalue weighted by atomic mass is 10.0. The fourth-order valence-electron chi connectivity index (χ4n) is 2.50. The zero-order valence-corrected chi connectivity index (χ0v) is 11.7. The van der Waals surface area contributed by atoms with E-state index >= 15 is 0 Å². The van der Waals surface area contributed by atoms with Crippen molar-refractivity contribution in [3.8, 4) is 0 Å². The fourth-order valence-corrected chi connectivity index (χ4v) is 3.89. The van der Waals surface area contributed by atoms with Crippen LogP contribution in [0.15, 0.2) is 18.2 Å². The summed E-state index contributed by atoms with van der Waals surface area (Å²) >= 11 is 9.75. The van der Waals surface area contributed by atoms with Gasteiger partial charge in [0.15, 0.2) is 0 Å². The van der Waals surface area contributed by atoms with E-state index in [0.29, 0.717) is 11.3 Å². The zero-order chi connectivity index (χ0) is 11.2. The van der Waals surface area contributed by atoms with Gasteiger partial charge in [-0.05, 0) is 41.4 Å². The number of aryl methyl sites for hydroxylation is 1. The molecule has 1 aromatic carbocycles. The molecule has 2 heteroatoms. The predicted molar refractivity (Wildman–Crippen MR) is 70.0 cm³/mol. The van der Waals surface area contributed by atoms with Crippen molar-refractivity contribution in [1.29, 1.82) is 0 Å². The minimum absolute atomic E-state index is 0.419. The Kier molecular flexibility index (Phi) is 2.89. The summed E-state index contributed by atoms with van der Waals surface area (Å²) in [5.41, 5.74) is 2.97. The Morgan fingerprint density at radius 1 is 1.40 bits per heavy atom. The van der Waals surface area contributed by atoms with Gasteiger partial charge in [0.2, 0.25) is 0 Å². The summed E-state index contributed by atoms with van der Waals surface area (Å²) in [5, 5.41) is 1.97. The molecule has 2 atom stereocenters. The smallest absolute Gasteiger partial charge is 0.0438 e. The van der Waals surface area contributed by atoms with Gasteiger partial charge in [-0.25, -0.2) is 0 Å². The van der Waals surface area contributed by atoms with Crippen LogP contribution in [0, 0.1) is 18.3 Å². The molecule has 1 saturated carbocycles. The van der Waals surface area contributed by atoms with E-state index in [1.807, 2.05) is 6.92 Å². The minimum atomic E-state index is 0.419. The van der Waals surface area contributed by atoms with Crippen molar-refractivity contribution < 1.29 is 0 Å². The summed E-state index contributed by atoms with van der Waals surface area (Å²) < 4.78 is 0. The maximum Gasteiger partial charge on any atom is 0.0438 e. The summed E-state index contributed by atoms with van der Waals surface area (Å²) in [6.07, 6.45) is 0. The Balaban J connectivity index is 2.29. The molecule has 2 unspecified atom stereocenters. The Morgan fingerprint density at radius 3 is 2.53 bits per heavy atom. The highest BCUT2D eigenvalue weighted by molar-refractivity contribution is 9.09. The fraction of sp³-hybridized carbons (Fsp3) is 0.538. The Hall–Kier alpha value is -0.0100. The maximum absolute atomic E-state index is 6.16. The number of benzene rings is 1. The van der Waals surface area contributed by atoms with Crippen LogP contribution < -0.4 is 0 Å². The lowest BCUT2D eigenvalue weighted by molar-refractivity contribution is 0.579. The van der Waals surface area contributed by atoms with E-state index < -0.39 is 0 Å². The molecule has 0 nitrogen and oxygen atoms in total. The molecule has 0 N–H and O–H groups in total. The van der Waals surface area contributed by atoms with Crippen LogP contribution in [0.4, 0.5) is 0 Å². The van der Waals surface area contributed by atoms with Gasteiger partial charge in [-0.2, -0.15) is 0 Å². The highest BCUT2D eigenvalue weighted by Gasteiger charge is 2.57. The van der Waals surface area contributed by atoms with E-state index in [1.54, 1.807) is 0 Å². The highest BCUT2D eigenvalue weighted by atomic mass is 79.9. The van der Waals surface area contributed by atoms with Crippen molar-refractivity contribution in [2.75, 3.05) is 5.33 Å².